The average Bonchev–Trinajstić information content (AvgIpc) is 2.87. The molecule has 1 heterocycles. The van der Waals surface area contributed by atoms with E-state index in [2.05, 4.69) is 10.4 Å². The second-order valence-corrected chi connectivity index (χ2v) is 5.07. The number of benzene rings is 1. The van der Waals surface area contributed by atoms with Crippen LogP contribution in [0.25, 0.3) is 5.69 Å². The topological polar surface area (TPSA) is 90.0 Å². The molecule has 2 rings (SSSR count). The zero-order valence-electron chi connectivity index (χ0n) is 11.6. The van der Waals surface area contributed by atoms with Gasteiger partial charge in [-0.25, -0.2) is 9.07 Å². The van der Waals surface area contributed by atoms with E-state index in [1.165, 1.54) is 42.9 Å². The van der Waals surface area contributed by atoms with Crippen molar-refractivity contribution < 1.29 is 14.0 Å². The van der Waals surface area contributed by atoms with Crippen molar-refractivity contribution in [2.24, 2.45) is 5.73 Å². The lowest BCUT2D eigenvalue weighted by atomic mass is 10.1. The van der Waals surface area contributed by atoms with Crippen molar-refractivity contribution in [2.75, 3.05) is 0 Å². The minimum absolute atomic E-state index is 0.105. The number of hydrogen-bond acceptors (Lipinski definition) is 3. The van der Waals surface area contributed by atoms with E-state index in [0.29, 0.717) is 5.69 Å². The molecule has 0 fully saturated rings. The summed E-state index contributed by atoms with van der Waals surface area (Å²) in [4.78, 5) is 23.2. The van der Waals surface area contributed by atoms with Crippen molar-refractivity contribution in [3.8, 4) is 5.69 Å². The van der Waals surface area contributed by atoms with Crippen molar-refractivity contribution in [3.05, 3.63) is 48.0 Å². The van der Waals surface area contributed by atoms with E-state index >= 15 is 0 Å². The first-order valence-corrected chi connectivity index (χ1v) is 6.23. The molecular weight excluding hydrogens is 275 g/mol. The van der Waals surface area contributed by atoms with Crippen LogP contribution in [0.15, 0.2) is 36.5 Å². The molecule has 0 atom stereocenters. The lowest BCUT2D eigenvalue weighted by Gasteiger charge is -2.21. The third kappa shape index (κ3) is 3.25. The molecule has 110 valence electrons. The van der Waals surface area contributed by atoms with Gasteiger partial charge in [-0.2, -0.15) is 5.10 Å². The van der Waals surface area contributed by atoms with Crippen LogP contribution < -0.4 is 11.1 Å². The van der Waals surface area contributed by atoms with Gasteiger partial charge in [-0.15, -0.1) is 0 Å². The Bertz CT molecular complexity index is 694. The zero-order chi connectivity index (χ0) is 15.6. The zero-order valence-corrected chi connectivity index (χ0v) is 11.6. The predicted octanol–water partition coefficient (Wildman–Crippen LogP) is 1.01. The molecule has 1 aromatic carbocycles. The molecule has 0 spiro atoms. The lowest BCUT2D eigenvalue weighted by molar-refractivity contribution is -0.122. The maximum Gasteiger partial charge on any atom is 0.272 e. The second kappa shape index (κ2) is 5.35. The predicted molar refractivity (Wildman–Crippen MR) is 74.3 cm³/mol. The van der Waals surface area contributed by atoms with E-state index in [-0.39, 0.29) is 5.69 Å². The summed E-state index contributed by atoms with van der Waals surface area (Å²) >= 11 is 0. The second-order valence-electron chi connectivity index (χ2n) is 5.07. The van der Waals surface area contributed by atoms with Crippen molar-refractivity contribution in [2.45, 2.75) is 19.4 Å². The van der Waals surface area contributed by atoms with Gasteiger partial charge in [-0.1, -0.05) is 6.07 Å². The summed E-state index contributed by atoms with van der Waals surface area (Å²) in [6.07, 6.45) is 1.53. The van der Waals surface area contributed by atoms with Gasteiger partial charge in [0, 0.05) is 6.20 Å². The SMILES string of the molecule is CC(C)(NC(=O)c1ccn(-c2cccc(F)c2)n1)C(N)=O. The number of rotatable bonds is 4. The number of amides is 2. The first kappa shape index (κ1) is 14.7. The van der Waals surface area contributed by atoms with E-state index in [0.717, 1.165) is 0 Å². The quantitative estimate of drug-likeness (QED) is 0.880. The number of carbonyl (C=O) groups excluding carboxylic acids is 2. The Morgan fingerprint density at radius 3 is 2.67 bits per heavy atom. The summed E-state index contributed by atoms with van der Waals surface area (Å²) in [5.41, 5.74) is 4.60. The van der Waals surface area contributed by atoms with Crippen molar-refractivity contribution in [1.82, 2.24) is 15.1 Å². The molecule has 0 aliphatic carbocycles. The summed E-state index contributed by atoms with van der Waals surface area (Å²) in [5.74, 6) is -1.58. The van der Waals surface area contributed by atoms with Crippen molar-refractivity contribution in [3.63, 3.8) is 0 Å². The third-order valence-electron chi connectivity index (χ3n) is 2.94. The van der Waals surface area contributed by atoms with Crippen molar-refractivity contribution >= 4 is 11.8 Å². The summed E-state index contributed by atoms with van der Waals surface area (Å²) < 4.78 is 14.5. The number of nitrogens with two attached hydrogens (primary N) is 1. The van der Waals surface area contributed by atoms with Gasteiger partial charge in [-0.05, 0) is 38.1 Å². The third-order valence-corrected chi connectivity index (χ3v) is 2.94. The summed E-state index contributed by atoms with van der Waals surface area (Å²) in [5, 5.41) is 6.54. The fraction of sp³-hybridized carbons (Fsp3) is 0.214. The molecule has 0 aliphatic heterocycles. The molecule has 0 unspecified atom stereocenters. The van der Waals surface area contributed by atoms with Crippen LogP contribution in [0.2, 0.25) is 0 Å². The smallest absolute Gasteiger partial charge is 0.272 e. The summed E-state index contributed by atoms with van der Waals surface area (Å²) in [6.45, 7) is 2.99. The Morgan fingerprint density at radius 1 is 1.33 bits per heavy atom. The first-order chi connectivity index (χ1) is 9.79. The van der Waals surface area contributed by atoms with Gasteiger partial charge in [0.2, 0.25) is 5.91 Å². The average molecular weight is 290 g/mol. The Labute approximate surface area is 120 Å². The Kier molecular flexibility index (Phi) is 3.75. The Hall–Kier alpha value is -2.70. The number of hydrogen-bond donors (Lipinski definition) is 2. The molecule has 21 heavy (non-hydrogen) atoms. The fourth-order valence-corrected chi connectivity index (χ4v) is 1.62. The minimum atomic E-state index is -1.18. The Balaban J connectivity index is 2.20. The van der Waals surface area contributed by atoms with Gasteiger partial charge < -0.3 is 11.1 Å². The number of carbonyl (C=O) groups is 2. The number of nitrogens with one attached hydrogen (secondary N) is 1. The van der Waals surface area contributed by atoms with Gasteiger partial charge in [-0.3, -0.25) is 9.59 Å². The normalized spacial score (nSPS) is 11.2. The van der Waals surface area contributed by atoms with Crippen LogP contribution in [0.3, 0.4) is 0 Å². The molecule has 0 bridgehead atoms. The lowest BCUT2D eigenvalue weighted by Crippen LogP contribution is -2.53. The number of primary amides is 1. The van der Waals surface area contributed by atoms with Crippen LogP contribution in [0.1, 0.15) is 24.3 Å². The number of halogens is 1. The van der Waals surface area contributed by atoms with Crippen LogP contribution in [0.5, 0.6) is 0 Å². The van der Waals surface area contributed by atoms with Gasteiger partial charge in [0.05, 0.1) is 5.69 Å². The van der Waals surface area contributed by atoms with Crippen molar-refractivity contribution in [1.29, 1.82) is 0 Å². The summed E-state index contributed by atoms with van der Waals surface area (Å²) in [7, 11) is 0. The standard InChI is InChI=1S/C14H15FN4O2/c1-14(2,13(16)21)17-12(20)11-6-7-19(18-11)10-5-3-4-9(15)8-10/h3-8H,1-2H3,(H2,16,21)(H,17,20). The highest BCUT2D eigenvalue weighted by Crippen LogP contribution is 2.10. The minimum Gasteiger partial charge on any atom is -0.368 e. The van der Waals surface area contributed by atoms with Gasteiger partial charge in [0.1, 0.15) is 11.4 Å². The van der Waals surface area contributed by atoms with E-state index < -0.39 is 23.2 Å². The van der Waals surface area contributed by atoms with E-state index in [1.54, 1.807) is 12.1 Å². The molecule has 0 saturated heterocycles. The number of aromatic nitrogens is 2. The van der Waals surface area contributed by atoms with Crippen LogP contribution in [-0.2, 0) is 4.79 Å². The van der Waals surface area contributed by atoms with Gasteiger partial charge in [0.25, 0.3) is 5.91 Å². The highest BCUT2D eigenvalue weighted by Gasteiger charge is 2.28. The molecular formula is C14H15FN4O2. The van der Waals surface area contributed by atoms with E-state index in [9.17, 15) is 14.0 Å². The molecule has 2 amide bonds. The highest BCUT2D eigenvalue weighted by atomic mass is 19.1. The largest absolute Gasteiger partial charge is 0.368 e. The van der Waals surface area contributed by atoms with Gasteiger partial charge in [0.15, 0.2) is 5.69 Å². The van der Waals surface area contributed by atoms with Gasteiger partial charge >= 0.3 is 0 Å². The van der Waals surface area contributed by atoms with E-state index in [1.807, 2.05) is 0 Å². The molecule has 6 nitrogen and oxygen atoms in total. The maximum atomic E-state index is 13.2. The Morgan fingerprint density at radius 2 is 2.05 bits per heavy atom. The molecule has 3 N–H and O–H groups in total. The first-order valence-electron chi connectivity index (χ1n) is 6.23. The summed E-state index contributed by atoms with van der Waals surface area (Å²) in [6, 6.07) is 7.28. The van der Waals surface area contributed by atoms with Crippen LogP contribution in [-0.4, -0.2) is 27.1 Å². The monoisotopic (exact) mass is 290 g/mol. The van der Waals surface area contributed by atoms with Crippen LogP contribution in [0, 0.1) is 5.82 Å². The maximum absolute atomic E-state index is 13.2. The van der Waals surface area contributed by atoms with Crippen LogP contribution >= 0.6 is 0 Å². The molecule has 0 radical (unpaired) electrons. The molecule has 1 aromatic heterocycles. The molecule has 0 aliphatic rings. The molecule has 0 saturated carbocycles. The van der Waals surface area contributed by atoms with E-state index in [4.69, 9.17) is 5.73 Å². The number of nitrogens with zero attached hydrogens (tertiary/aromatic N) is 2. The molecule has 2 aromatic rings. The van der Waals surface area contributed by atoms with Crippen LogP contribution in [0.4, 0.5) is 4.39 Å². The molecule has 7 heteroatoms. The highest BCUT2D eigenvalue weighted by molar-refractivity contribution is 5.97. The fourth-order valence-electron chi connectivity index (χ4n) is 1.62.